The summed E-state index contributed by atoms with van der Waals surface area (Å²) in [6.07, 6.45) is 3.74. The van der Waals surface area contributed by atoms with E-state index in [9.17, 15) is 0 Å². The van der Waals surface area contributed by atoms with Crippen molar-refractivity contribution in [3.8, 4) is 5.88 Å². The molecule has 1 atom stereocenters. The van der Waals surface area contributed by atoms with E-state index < -0.39 is 0 Å². The fourth-order valence-corrected chi connectivity index (χ4v) is 2.24. The maximum atomic E-state index is 5.39. The molecular formula is C11H17N3O. The molecule has 3 rings (SSSR count). The van der Waals surface area contributed by atoms with Crippen molar-refractivity contribution in [1.29, 1.82) is 0 Å². The average molecular weight is 207 g/mol. The van der Waals surface area contributed by atoms with Crippen molar-refractivity contribution < 1.29 is 4.74 Å². The van der Waals surface area contributed by atoms with Gasteiger partial charge in [0.05, 0.1) is 18.8 Å². The summed E-state index contributed by atoms with van der Waals surface area (Å²) < 4.78 is 7.45. The highest BCUT2D eigenvalue weighted by atomic mass is 16.5. The monoisotopic (exact) mass is 207 g/mol. The fourth-order valence-electron chi connectivity index (χ4n) is 2.24. The van der Waals surface area contributed by atoms with Gasteiger partial charge in [0.1, 0.15) is 0 Å². The van der Waals surface area contributed by atoms with Gasteiger partial charge in [-0.2, -0.15) is 5.10 Å². The van der Waals surface area contributed by atoms with E-state index in [1.54, 1.807) is 7.11 Å². The maximum absolute atomic E-state index is 5.39. The molecule has 1 saturated heterocycles. The van der Waals surface area contributed by atoms with Gasteiger partial charge in [0.15, 0.2) is 0 Å². The van der Waals surface area contributed by atoms with Crippen LogP contribution in [0.15, 0.2) is 6.07 Å². The number of aromatic nitrogens is 2. The first-order valence-corrected chi connectivity index (χ1v) is 5.72. The second-order valence-electron chi connectivity index (χ2n) is 4.48. The summed E-state index contributed by atoms with van der Waals surface area (Å²) in [5.41, 5.74) is 1.22. The normalized spacial score (nSPS) is 25.8. The van der Waals surface area contributed by atoms with Gasteiger partial charge in [-0.15, -0.1) is 0 Å². The third kappa shape index (κ3) is 1.63. The van der Waals surface area contributed by atoms with E-state index in [4.69, 9.17) is 4.74 Å². The number of hydrogen-bond donors (Lipinski definition) is 1. The van der Waals surface area contributed by atoms with Crippen molar-refractivity contribution >= 4 is 0 Å². The van der Waals surface area contributed by atoms with Crippen LogP contribution in [-0.4, -0.2) is 30.0 Å². The predicted octanol–water partition coefficient (Wildman–Crippen LogP) is 1.30. The van der Waals surface area contributed by atoms with E-state index in [0.29, 0.717) is 12.0 Å². The summed E-state index contributed by atoms with van der Waals surface area (Å²) in [6.45, 7) is 2.11. The first-order valence-electron chi connectivity index (χ1n) is 5.72. The van der Waals surface area contributed by atoms with Crippen LogP contribution in [-0.2, 0) is 0 Å². The van der Waals surface area contributed by atoms with Crippen LogP contribution < -0.4 is 10.1 Å². The van der Waals surface area contributed by atoms with E-state index in [2.05, 4.69) is 21.2 Å². The predicted molar refractivity (Wildman–Crippen MR) is 57.3 cm³/mol. The summed E-state index contributed by atoms with van der Waals surface area (Å²) in [7, 11) is 1.73. The van der Waals surface area contributed by atoms with E-state index >= 15 is 0 Å². The second-order valence-corrected chi connectivity index (χ2v) is 4.48. The largest absolute Gasteiger partial charge is 0.481 e. The molecule has 1 aromatic rings. The lowest BCUT2D eigenvalue weighted by molar-refractivity contribution is 0.337. The Kier molecular flexibility index (Phi) is 2.16. The maximum Gasteiger partial charge on any atom is 0.212 e. The Labute approximate surface area is 89.6 Å². The van der Waals surface area contributed by atoms with Gasteiger partial charge in [-0.05, 0) is 25.8 Å². The van der Waals surface area contributed by atoms with E-state index in [-0.39, 0.29) is 0 Å². The van der Waals surface area contributed by atoms with Crippen LogP contribution in [0.25, 0.3) is 0 Å². The summed E-state index contributed by atoms with van der Waals surface area (Å²) in [4.78, 5) is 0. The minimum absolute atomic E-state index is 0.479. The minimum Gasteiger partial charge on any atom is -0.481 e. The molecule has 15 heavy (non-hydrogen) atoms. The SMILES string of the molecule is COc1cc(C2CC2)nn1C1CCNC1. The molecular weight excluding hydrogens is 190 g/mol. The van der Waals surface area contributed by atoms with Crippen molar-refractivity contribution in [3.63, 3.8) is 0 Å². The zero-order chi connectivity index (χ0) is 10.3. The fraction of sp³-hybridized carbons (Fsp3) is 0.727. The van der Waals surface area contributed by atoms with Crippen molar-refractivity contribution in [1.82, 2.24) is 15.1 Å². The molecule has 1 unspecified atom stereocenters. The molecule has 2 fully saturated rings. The lowest BCUT2D eigenvalue weighted by Gasteiger charge is -2.11. The first kappa shape index (κ1) is 9.21. The van der Waals surface area contributed by atoms with Gasteiger partial charge in [-0.25, -0.2) is 4.68 Å². The van der Waals surface area contributed by atoms with Crippen LogP contribution in [0.2, 0.25) is 0 Å². The van der Waals surface area contributed by atoms with Gasteiger partial charge >= 0.3 is 0 Å². The van der Waals surface area contributed by atoms with Crippen LogP contribution in [0, 0.1) is 0 Å². The average Bonchev–Trinajstić information content (AvgIpc) is 2.83. The number of hydrogen-bond acceptors (Lipinski definition) is 3. The standard InChI is InChI=1S/C11H17N3O/c1-15-11-6-10(8-2-3-8)13-14(11)9-4-5-12-7-9/h6,8-9,12H,2-5,7H2,1H3. The molecule has 4 heteroatoms. The smallest absolute Gasteiger partial charge is 0.212 e. The van der Waals surface area contributed by atoms with Gasteiger partial charge in [0.2, 0.25) is 5.88 Å². The van der Waals surface area contributed by atoms with Gasteiger partial charge in [0.25, 0.3) is 0 Å². The minimum atomic E-state index is 0.479. The molecule has 0 amide bonds. The van der Waals surface area contributed by atoms with Crippen LogP contribution in [0.5, 0.6) is 5.88 Å². The van der Waals surface area contributed by atoms with E-state index in [0.717, 1.165) is 25.4 Å². The van der Waals surface area contributed by atoms with Gasteiger partial charge in [-0.1, -0.05) is 0 Å². The molecule has 0 aromatic carbocycles. The summed E-state index contributed by atoms with van der Waals surface area (Å²) >= 11 is 0. The highest BCUT2D eigenvalue weighted by Crippen LogP contribution is 2.41. The van der Waals surface area contributed by atoms with Crippen molar-refractivity contribution in [2.24, 2.45) is 0 Å². The molecule has 1 saturated carbocycles. The molecule has 2 aliphatic rings. The summed E-state index contributed by atoms with van der Waals surface area (Å²) in [5.74, 6) is 1.63. The topological polar surface area (TPSA) is 39.1 Å². The van der Waals surface area contributed by atoms with Gasteiger partial charge < -0.3 is 10.1 Å². The van der Waals surface area contributed by atoms with Gasteiger partial charge in [0, 0.05) is 18.5 Å². The van der Waals surface area contributed by atoms with Crippen LogP contribution >= 0.6 is 0 Å². The molecule has 1 aromatic heterocycles. The zero-order valence-corrected chi connectivity index (χ0v) is 9.07. The molecule has 4 nitrogen and oxygen atoms in total. The van der Waals surface area contributed by atoms with Crippen LogP contribution in [0.4, 0.5) is 0 Å². The molecule has 1 aliphatic carbocycles. The lowest BCUT2D eigenvalue weighted by atomic mass is 10.3. The van der Waals surface area contributed by atoms with Gasteiger partial charge in [-0.3, -0.25) is 0 Å². The van der Waals surface area contributed by atoms with Crippen LogP contribution in [0.1, 0.15) is 36.9 Å². The molecule has 0 bridgehead atoms. The molecule has 0 spiro atoms. The third-order valence-corrected chi connectivity index (χ3v) is 3.31. The molecule has 2 heterocycles. The Morgan fingerprint density at radius 2 is 2.33 bits per heavy atom. The molecule has 82 valence electrons. The second kappa shape index (κ2) is 3.52. The number of ether oxygens (including phenoxy) is 1. The first-order chi connectivity index (χ1) is 7.38. The number of nitrogens with one attached hydrogen (secondary N) is 1. The highest BCUT2D eigenvalue weighted by Gasteiger charge is 2.29. The Balaban J connectivity index is 1.89. The van der Waals surface area contributed by atoms with E-state index in [1.165, 1.54) is 18.5 Å². The molecule has 1 N–H and O–H groups in total. The Hall–Kier alpha value is -1.03. The van der Waals surface area contributed by atoms with E-state index in [1.807, 2.05) is 0 Å². The van der Waals surface area contributed by atoms with Crippen molar-refractivity contribution in [3.05, 3.63) is 11.8 Å². The number of methoxy groups -OCH3 is 1. The number of rotatable bonds is 3. The summed E-state index contributed by atoms with van der Waals surface area (Å²) in [5, 5.41) is 8.04. The van der Waals surface area contributed by atoms with Crippen molar-refractivity contribution in [2.45, 2.75) is 31.2 Å². The third-order valence-electron chi connectivity index (χ3n) is 3.31. The van der Waals surface area contributed by atoms with Crippen molar-refractivity contribution in [2.75, 3.05) is 20.2 Å². The van der Waals surface area contributed by atoms with Crippen LogP contribution in [0.3, 0.4) is 0 Å². The highest BCUT2D eigenvalue weighted by molar-refractivity contribution is 5.23. The Morgan fingerprint density at radius 3 is 2.93 bits per heavy atom. The Morgan fingerprint density at radius 1 is 1.47 bits per heavy atom. The lowest BCUT2D eigenvalue weighted by Crippen LogP contribution is -2.15. The number of nitrogens with zero attached hydrogens (tertiary/aromatic N) is 2. The quantitative estimate of drug-likeness (QED) is 0.812. The Bertz CT molecular complexity index is 351. The summed E-state index contributed by atoms with van der Waals surface area (Å²) in [6, 6.07) is 2.59. The molecule has 0 radical (unpaired) electrons. The molecule has 1 aliphatic heterocycles. The zero-order valence-electron chi connectivity index (χ0n) is 9.07.